The summed E-state index contributed by atoms with van der Waals surface area (Å²) in [7, 11) is -6.79. The van der Waals surface area contributed by atoms with Crippen molar-refractivity contribution in [3.8, 4) is 11.5 Å². The van der Waals surface area contributed by atoms with E-state index in [0.717, 1.165) is 6.26 Å². The van der Waals surface area contributed by atoms with Crippen molar-refractivity contribution in [1.82, 2.24) is 10.2 Å². The number of nitrogens with zero attached hydrogens (tertiary/aromatic N) is 1. The maximum absolute atomic E-state index is 12.5. The summed E-state index contributed by atoms with van der Waals surface area (Å²) >= 11 is 0. The van der Waals surface area contributed by atoms with Crippen LogP contribution in [0, 0.1) is 0 Å². The molecular weight excluding hydrogens is 376 g/mol. The van der Waals surface area contributed by atoms with Crippen LogP contribution in [0.5, 0.6) is 11.5 Å². The van der Waals surface area contributed by atoms with Crippen molar-refractivity contribution >= 4 is 30.6 Å². The van der Waals surface area contributed by atoms with Crippen LogP contribution in [0.1, 0.15) is 13.8 Å². The van der Waals surface area contributed by atoms with Gasteiger partial charge in [0.1, 0.15) is 11.3 Å². The first-order valence-electron chi connectivity index (χ1n) is 7.78. The number of rotatable bonds is 5. The summed E-state index contributed by atoms with van der Waals surface area (Å²) in [5.74, 6) is 0.679. The van der Waals surface area contributed by atoms with Gasteiger partial charge in [0.2, 0.25) is 0 Å². The number of aromatic amines is 1. The minimum Gasteiger partial charge on any atom is -0.455 e. The first-order valence-corrected chi connectivity index (χ1v) is 11.2. The van der Waals surface area contributed by atoms with E-state index in [1.807, 2.05) is 0 Å². The van der Waals surface area contributed by atoms with Crippen LogP contribution in [-0.2, 0) is 19.7 Å². The molecule has 2 aromatic carbocycles. The maximum atomic E-state index is 12.5. The highest BCUT2D eigenvalue weighted by molar-refractivity contribution is 7.92. The van der Waals surface area contributed by atoms with Gasteiger partial charge >= 0.3 is 0 Å². The van der Waals surface area contributed by atoms with Crippen molar-refractivity contribution in [3.05, 3.63) is 42.6 Å². The third kappa shape index (κ3) is 3.45. The molecule has 0 spiro atoms. The van der Waals surface area contributed by atoms with Gasteiger partial charge in [-0.15, -0.1) is 0 Å². The molecule has 0 saturated carbocycles. The molecular formula is C17H18N2O5S2. The lowest BCUT2D eigenvalue weighted by Crippen LogP contribution is -2.14. The molecule has 1 aromatic heterocycles. The Kier molecular flexibility index (Phi) is 4.53. The van der Waals surface area contributed by atoms with Crippen LogP contribution in [0.2, 0.25) is 0 Å². The Hall–Kier alpha value is -2.39. The molecule has 1 N–H and O–H groups in total. The van der Waals surface area contributed by atoms with E-state index in [2.05, 4.69) is 10.2 Å². The zero-order valence-corrected chi connectivity index (χ0v) is 16.1. The standard InChI is InChI=1S/C17H18N2O5S2/c1-11(2)26(22,23)15-8-12-10-18-19-17(12)16(9-15)24-13-4-6-14(7-5-13)25(3,20)21/h4-11H,1-3H3,(H,18,19). The largest absolute Gasteiger partial charge is 0.455 e. The zero-order chi connectivity index (χ0) is 19.1. The molecule has 9 heteroatoms. The molecule has 26 heavy (non-hydrogen) atoms. The summed E-state index contributed by atoms with van der Waals surface area (Å²) < 4.78 is 53.9. The minimum absolute atomic E-state index is 0.143. The number of H-pyrrole nitrogens is 1. The van der Waals surface area contributed by atoms with Crippen molar-refractivity contribution in [3.63, 3.8) is 0 Å². The Morgan fingerprint density at radius 3 is 2.23 bits per heavy atom. The van der Waals surface area contributed by atoms with E-state index in [9.17, 15) is 16.8 Å². The average molecular weight is 394 g/mol. The molecule has 0 radical (unpaired) electrons. The lowest BCUT2D eigenvalue weighted by atomic mass is 10.2. The molecule has 7 nitrogen and oxygen atoms in total. The van der Waals surface area contributed by atoms with E-state index in [0.29, 0.717) is 22.4 Å². The van der Waals surface area contributed by atoms with Crippen LogP contribution < -0.4 is 4.74 Å². The molecule has 3 aromatic rings. The highest BCUT2D eigenvalue weighted by Crippen LogP contribution is 2.33. The van der Waals surface area contributed by atoms with Gasteiger partial charge in [0.25, 0.3) is 0 Å². The molecule has 0 aliphatic carbocycles. The first kappa shape index (κ1) is 18.4. The molecule has 0 atom stereocenters. The number of ether oxygens (including phenoxy) is 1. The van der Waals surface area contributed by atoms with E-state index < -0.39 is 24.9 Å². The molecule has 138 valence electrons. The first-order chi connectivity index (χ1) is 12.1. The molecule has 0 amide bonds. The maximum Gasteiger partial charge on any atom is 0.180 e. The van der Waals surface area contributed by atoms with Crippen LogP contribution in [0.25, 0.3) is 10.9 Å². The van der Waals surface area contributed by atoms with E-state index >= 15 is 0 Å². The van der Waals surface area contributed by atoms with Gasteiger partial charge in [0.05, 0.1) is 21.2 Å². The van der Waals surface area contributed by atoms with E-state index in [1.54, 1.807) is 19.9 Å². The van der Waals surface area contributed by atoms with Gasteiger partial charge in [-0.25, -0.2) is 16.8 Å². The second kappa shape index (κ2) is 6.40. The molecule has 3 rings (SSSR count). The van der Waals surface area contributed by atoms with Crippen molar-refractivity contribution < 1.29 is 21.6 Å². The third-order valence-electron chi connectivity index (χ3n) is 3.92. The van der Waals surface area contributed by atoms with Crippen molar-refractivity contribution in [2.24, 2.45) is 0 Å². The summed E-state index contributed by atoms with van der Waals surface area (Å²) in [6.45, 7) is 3.22. The number of hydrogen-bond acceptors (Lipinski definition) is 6. The van der Waals surface area contributed by atoms with Gasteiger partial charge in [0, 0.05) is 17.7 Å². The highest BCUT2D eigenvalue weighted by atomic mass is 32.2. The lowest BCUT2D eigenvalue weighted by Gasteiger charge is -2.12. The molecule has 0 unspecified atom stereocenters. The number of fused-ring (bicyclic) bond motifs is 1. The Bertz CT molecular complexity index is 1160. The molecule has 0 saturated heterocycles. The Balaban J connectivity index is 2.06. The van der Waals surface area contributed by atoms with Crippen LogP contribution >= 0.6 is 0 Å². The molecule has 0 aliphatic heterocycles. The smallest absolute Gasteiger partial charge is 0.180 e. The normalized spacial score (nSPS) is 12.6. The van der Waals surface area contributed by atoms with Crippen LogP contribution in [0.3, 0.4) is 0 Å². The fourth-order valence-corrected chi connectivity index (χ4v) is 4.13. The summed E-state index contributed by atoms with van der Waals surface area (Å²) in [5, 5.41) is 6.76. The summed E-state index contributed by atoms with van der Waals surface area (Å²) in [5.41, 5.74) is 0.555. The Morgan fingerprint density at radius 1 is 1.00 bits per heavy atom. The van der Waals surface area contributed by atoms with Crippen LogP contribution in [-0.4, -0.2) is 38.5 Å². The summed E-state index contributed by atoms with van der Waals surface area (Å²) in [6, 6.07) is 8.89. The zero-order valence-electron chi connectivity index (χ0n) is 14.4. The number of nitrogens with one attached hydrogen (secondary N) is 1. The highest BCUT2D eigenvalue weighted by Gasteiger charge is 2.22. The number of benzene rings is 2. The predicted octanol–water partition coefficient (Wildman–Crippen LogP) is 2.94. The van der Waals surface area contributed by atoms with Crippen molar-refractivity contribution in [1.29, 1.82) is 0 Å². The van der Waals surface area contributed by atoms with Gasteiger partial charge in [-0.1, -0.05) is 0 Å². The van der Waals surface area contributed by atoms with Gasteiger partial charge in [-0.2, -0.15) is 5.10 Å². The van der Waals surface area contributed by atoms with Gasteiger partial charge in [-0.3, -0.25) is 5.10 Å². The van der Waals surface area contributed by atoms with E-state index in [1.165, 1.54) is 36.5 Å². The van der Waals surface area contributed by atoms with Gasteiger partial charge < -0.3 is 4.74 Å². The molecule has 0 aliphatic rings. The quantitative estimate of drug-likeness (QED) is 0.713. The number of hydrogen-bond donors (Lipinski definition) is 1. The number of aromatic nitrogens is 2. The van der Waals surface area contributed by atoms with Crippen molar-refractivity contribution in [2.45, 2.75) is 28.9 Å². The fraction of sp³-hybridized carbons (Fsp3) is 0.235. The second-order valence-electron chi connectivity index (χ2n) is 6.20. The SMILES string of the molecule is CC(C)S(=O)(=O)c1cc(Oc2ccc(S(C)(=O)=O)cc2)c2[nH]ncc2c1. The molecule has 0 fully saturated rings. The number of sulfone groups is 2. The Morgan fingerprint density at radius 2 is 1.65 bits per heavy atom. The fourth-order valence-electron chi connectivity index (χ4n) is 2.40. The topological polar surface area (TPSA) is 106 Å². The van der Waals surface area contributed by atoms with Gasteiger partial charge in [-0.05, 0) is 44.2 Å². The predicted molar refractivity (Wildman–Crippen MR) is 98.0 cm³/mol. The monoisotopic (exact) mass is 394 g/mol. The minimum atomic E-state index is -3.49. The van der Waals surface area contributed by atoms with E-state index in [-0.39, 0.29) is 9.79 Å². The Labute approximate surface area is 151 Å². The molecule has 0 bridgehead atoms. The summed E-state index contributed by atoms with van der Waals surface area (Å²) in [4.78, 5) is 0.317. The average Bonchev–Trinajstić information content (AvgIpc) is 3.03. The third-order valence-corrected chi connectivity index (χ3v) is 7.18. The lowest BCUT2D eigenvalue weighted by molar-refractivity contribution is 0.484. The van der Waals surface area contributed by atoms with Gasteiger partial charge in [0.15, 0.2) is 25.4 Å². The van der Waals surface area contributed by atoms with Crippen molar-refractivity contribution in [2.75, 3.05) is 6.26 Å². The van der Waals surface area contributed by atoms with E-state index in [4.69, 9.17) is 4.74 Å². The van der Waals surface area contributed by atoms with Crippen LogP contribution in [0.4, 0.5) is 0 Å². The van der Waals surface area contributed by atoms with Crippen LogP contribution in [0.15, 0.2) is 52.4 Å². The molecule has 1 heterocycles. The second-order valence-corrected chi connectivity index (χ2v) is 10.7. The summed E-state index contributed by atoms with van der Waals surface area (Å²) in [6.07, 6.45) is 2.64.